The van der Waals surface area contributed by atoms with Gasteiger partial charge >= 0.3 is 0 Å². The molecule has 1 aliphatic carbocycles. The predicted octanol–water partition coefficient (Wildman–Crippen LogP) is 4.68. The second-order valence-electron chi connectivity index (χ2n) is 5.34. The topological polar surface area (TPSA) is 0 Å². The van der Waals surface area contributed by atoms with E-state index in [1.54, 1.807) is 0 Å². The molecule has 80 valence electrons. The van der Waals surface area contributed by atoms with Crippen molar-refractivity contribution < 1.29 is 0 Å². The van der Waals surface area contributed by atoms with Crippen molar-refractivity contribution in [2.75, 3.05) is 0 Å². The molecule has 1 unspecified atom stereocenters. The number of hydrogen-bond donors (Lipinski definition) is 0. The standard InChI is InChI=1S/C14H17Cl/c1-9-7-10-8-11(14(2,3)4)5-6-12(10)13(9)15/h5-8,13H,1-4H3. The highest BCUT2D eigenvalue weighted by atomic mass is 35.5. The van der Waals surface area contributed by atoms with Gasteiger partial charge in [0.25, 0.3) is 0 Å². The van der Waals surface area contributed by atoms with Gasteiger partial charge in [-0.2, -0.15) is 0 Å². The Balaban J connectivity index is 2.50. The Bertz CT molecular complexity index is 421. The Hall–Kier alpha value is -0.750. The van der Waals surface area contributed by atoms with Crippen molar-refractivity contribution in [2.45, 2.75) is 38.5 Å². The van der Waals surface area contributed by atoms with Crippen molar-refractivity contribution in [3.8, 4) is 0 Å². The van der Waals surface area contributed by atoms with Crippen molar-refractivity contribution >= 4 is 17.7 Å². The summed E-state index contributed by atoms with van der Waals surface area (Å²) >= 11 is 6.29. The average Bonchev–Trinajstić information content (AvgIpc) is 2.41. The first-order chi connectivity index (χ1) is 6.89. The summed E-state index contributed by atoms with van der Waals surface area (Å²) in [6.07, 6.45) is 2.20. The molecule has 0 spiro atoms. The minimum absolute atomic E-state index is 0.0778. The van der Waals surface area contributed by atoms with Gasteiger partial charge in [-0.25, -0.2) is 0 Å². The summed E-state index contributed by atoms with van der Waals surface area (Å²) in [5.41, 5.74) is 5.37. The van der Waals surface area contributed by atoms with E-state index >= 15 is 0 Å². The maximum absolute atomic E-state index is 6.29. The smallest absolute Gasteiger partial charge is 0.0801 e. The molecule has 0 nitrogen and oxygen atoms in total. The number of hydrogen-bond acceptors (Lipinski definition) is 0. The average molecular weight is 221 g/mol. The third kappa shape index (κ3) is 1.83. The molecule has 15 heavy (non-hydrogen) atoms. The lowest BCUT2D eigenvalue weighted by molar-refractivity contribution is 0.590. The molecule has 2 rings (SSSR count). The number of halogens is 1. The third-order valence-corrected chi connectivity index (χ3v) is 3.59. The lowest BCUT2D eigenvalue weighted by atomic mass is 9.85. The highest BCUT2D eigenvalue weighted by molar-refractivity contribution is 6.23. The van der Waals surface area contributed by atoms with Crippen molar-refractivity contribution in [2.24, 2.45) is 0 Å². The highest BCUT2D eigenvalue weighted by Crippen LogP contribution is 2.40. The summed E-state index contributed by atoms with van der Waals surface area (Å²) in [5, 5.41) is 0.0778. The van der Waals surface area contributed by atoms with Crippen LogP contribution in [0.1, 0.15) is 49.8 Å². The molecular weight excluding hydrogens is 204 g/mol. The molecule has 0 radical (unpaired) electrons. The van der Waals surface area contributed by atoms with E-state index in [2.05, 4.69) is 52.0 Å². The van der Waals surface area contributed by atoms with Crippen molar-refractivity contribution in [1.29, 1.82) is 0 Å². The number of alkyl halides is 1. The normalized spacial score (nSPS) is 20.1. The largest absolute Gasteiger partial charge is 0.113 e. The Morgan fingerprint density at radius 2 is 1.87 bits per heavy atom. The second kappa shape index (κ2) is 3.38. The van der Waals surface area contributed by atoms with Crippen LogP contribution in [0.3, 0.4) is 0 Å². The van der Waals surface area contributed by atoms with Gasteiger partial charge in [-0.15, -0.1) is 11.6 Å². The lowest BCUT2D eigenvalue weighted by Crippen LogP contribution is -2.11. The van der Waals surface area contributed by atoms with Gasteiger partial charge < -0.3 is 0 Å². The molecule has 0 saturated heterocycles. The highest BCUT2D eigenvalue weighted by Gasteiger charge is 2.22. The van der Waals surface area contributed by atoms with Crippen LogP contribution in [-0.4, -0.2) is 0 Å². The van der Waals surface area contributed by atoms with Crippen LogP contribution in [0.2, 0.25) is 0 Å². The fourth-order valence-corrected chi connectivity index (χ4v) is 2.22. The summed E-state index contributed by atoms with van der Waals surface area (Å²) in [7, 11) is 0. The van der Waals surface area contributed by atoms with Gasteiger partial charge in [0.15, 0.2) is 0 Å². The van der Waals surface area contributed by atoms with Gasteiger partial charge in [-0.1, -0.05) is 50.6 Å². The molecule has 0 fully saturated rings. The predicted molar refractivity (Wildman–Crippen MR) is 67.4 cm³/mol. The summed E-state index contributed by atoms with van der Waals surface area (Å²) in [6, 6.07) is 6.63. The molecule has 0 aromatic heterocycles. The number of allylic oxidation sites excluding steroid dienone is 1. The zero-order valence-electron chi connectivity index (χ0n) is 9.76. The molecule has 1 aromatic rings. The van der Waals surface area contributed by atoms with Crippen molar-refractivity contribution in [1.82, 2.24) is 0 Å². The third-order valence-electron chi connectivity index (χ3n) is 3.01. The van der Waals surface area contributed by atoms with Crippen LogP contribution >= 0.6 is 11.6 Å². The molecule has 1 aromatic carbocycles. The molecule has 0 N–H and O–H groups in total. The van der Waals surface area contributed by atoms with Crippen molar-refractivity contribution in [3.05, 3.63) is 40.5 Å². The molecule has 1 heteroatoms. The van der Waals surface area contributed by atoms with Crippen LogP contribution in [0, 0.1) is 0 Å². The van der Waals surface area contributed by atoms with Crippen LogP contribution in [0.15, 0.2) is 23.8 Å². The molecular formula is C14H17Cl. The van der Waals surface area contributed by atoms with Gasteiger partial charge in [-0.05, 0) is 29.0 Å². The quantitative estimate of drug-likeness (QED) is 0.557. The van der Waals surface area contributed by atoms with Crippen LogP contribution in [-0.2, 0) is 5.41 Å². The maximum Gasteiger partial charge on any atom is 0.0801 e. The molecule has 0 bridgehead atoms. The zero-order chi connectivity index (χ0) is 11.2. The number of rotatable bonds is 0. The Kier molecular flexibility index (Phi) is 2.42. The lowest BCUT2D eigenvalue weighted by Gasteiger charge is -2.20. The first-order valence-electron chi connectivity index (χ1n) is 5.36. The van der Waals surface area contributed by atoms with E-state index in [1.807, 2.05) is 0 Å². The summed E-state index contributed by atoms with van der Waals surface area (Å²) in [6.45, 7) is 8.80. The minimum Gasteiger partial charge on any atom is -0.113 e. The molecule has 0 amide bonds. The van der Waals surface area contributed by atoms with Crippen LogP contribution in [0.4, 0.5) is 0 Å². The van der Waals surface area contributed by atoms with Gasteiger partial charge in [0.05, 0.1) is 5.38 Å². The van der Waals surface area contributed by atoms with E-state index in [-0.39, 0.29) is 10.8 Å². The second-order valence-corrected chi connectivity index (χ2v) is 5.78. The fourth-order valence-electron chi connectivity index (χ4n) is 1.96. The maximum atomic E-state index is 6.29. The molecule has 1 atom stereocenters. The minimum atomic E-state index is 0.0778. The fraction of sp³-hybridized carbons (Fsp3) is 0.429. The molecule has 1 aliphatic rings. The van der Waals surface area contributed by atoms with E-state index < -0.39 is 0 Å². The van der Waals surface area contributed by atoms with E-state index in [1.165, 1.54) is 22.3 Å². The van der Waals surface area contributed by atoms with E-state index in [4.69, 9.17) is 11.6 Å². The van der Waals surface area contributed by atoms with Crippen LogP contribution in [0.25, 0.3) is 6.08 Å². The first-order valence-corrected chi connectivity index (χ1v) is 5.80. The number of benzene rings is 1. The monoisotopic (exact) mass is 220 g/mol. The van der Waals surface area contributed by atoms with E-state index in [0.29, 0.717) is 0 Å². The summed E-state index contributed by atoms with van der Waals surface area (Å²) in [5.74, 6) is 0. The summed E-state index contributed by atoms with van der Waals surface area (Å²) < 4.78 is 0. The van der Waals surface area contributed by atoms with Crippen molar-refractivity contribution in [3.63, 3.8) is 0 Å². The number of fused-ring (bicyclic) bond motifs is 1. The van der Waals surface area contributed by atoms with E-state index in [0.717, 1.165) is 0 Å². The van der Waals surface area contributed by atoms with Gasteiger partial charge in [0, 0.05) is 0 Å². The molecule has 0 aliphatic heterocycles. The molecule has 0 saturated carbocycles. The van der Waals surface area contributed by atoms with Gasteiger partial charge in [-0.3, -0.25) is 0 Å². The first kappa shape index (κ1) is 10.8. The molecule has 0 heterocycles. The van der Waals surface area contributed by atoms with Gasteiger partial charge in [0.1, 0.15) is 0 Å². The van der Waals surface area contributed by atoms with E-state index in [9.17, 15) is 0 Å². The Morgan fingerprint density at radius 3 is 2.47 bits per heavy atom. The van der Waals surface area contributed by atoms with Gasteiger partial charge in [0.2, 0.25) is 0 Å². The Labute approximate surface area is 97.0 Å². The van der Waals surface area contributed by atoms with Crippen LogP contribution in [0.5, 0.6) is 0 Å². The van der Waals surface area contributed by atoms with Crippen LogP contribution < -0.4 is 0 Å². The zero-order valence-corrected chi connectivity index (χ0v) is 10.5. The SMILES string of the molecule is CC1=Cc2cc(C(C)(C)C)ccc2C1Cl. The summed E-state index contributed by atoms with van der Waals surface area (Å²) in [4.78, 5) is 0. The Morgan fingerprint density at radius 1 is 1.20 bits per heavy atom.